The molecule has 2 unspecified atom stereocenters. The summed E-state index contributed by atoms with van der Waals surface area (Å²) in [6, 6.07) is 7.74. The molecule has 3 N–H and O–H groups in total. The van der Waals surface area contributed by atoms with Crippen LogP contribution in [0.2, 0.25) is 0 Å². The number of aliphatic hydroxyl groups excluding tert-OH is 1. The summed E-state index contributed by atoms with van der Waals surface area (Å²) in [6.07, 6.45) is 0. The Morgan fingerprint density at radius 2 is 1.97 bits per heavy atom. The molecule has 0 spiro atoms. The molecule has 2 aromatic rings. The number of halogens is 2. The third-order valence-corrected chi connectivity index (χ3v) is 4.76. The maximum Gasteiger partial charge on any atom is 0.319 e. The molecular weight excluding hydrogens is 384 g/mol. The molecule has 9 heteroatoms. The van der Waals surface area contributed by atoms with E-state index in [0.29, 0.717) is 11.4 Å². The van der Waals surface area contributed by atoms with E-state index in [4.69, 9.17) is 4.74 Å². The Kier molecular flexibility index (Phi) is 6.28. The second-order valence-electron chi connectivity index (χ2n) is 6.58. The lowest BCUT2D eigenvalue weighted by molar-refractivity contribution is -0.129. The van der Waals surface area contributed by atoms with E-state index in [1.807, 2.05) is 0 Å². The summed E-state index contributed by atoms with van der Waals surface area (Å²) in [5.41, 5.74) is 0.598. The number of β-amino-alcohol motifs (C(OH)–C–C–N with tert-alkyl or cyclic N) is 1. The molecule has 3 rings (SSSR count). The van der Waals surface area contributed by atoms with Gasteiger partial charge >= 0.3 is 6.03 Å². The lowest BCUT2D eigenvalue weighted by atomic mass is 9.93. The first-order chi connectivity index (χ1) is 13.9. The number of ether oxygens (including phenoxy) is 1. The highest BCUT2D eigenvalue weighted by molar-refractivity contribution is 5.95. The Morgan fingerprint density at radius 1 is 1.24 bits per heavy atom. The van der Waals surface area contributed by atoms with E-state index in [-0.39, 0.29) is 25.3 Å². The van der Waals surface area contributed by atoms with Gasteiger partial charge in [-0.1, -0.05) is 6.07 Å². The summed E-state index contributed by atoms with van der Waals surface area (Å²) in [7, 11) is 1.42. The summed E-state index contributed by atoms with van der Waals surface area (Å²) in [5, 5.41) is 14.3. The monoisotopic (exact) mass is 405 g/mol. The Hall–Kier alpha value is -3.20. The Balaban J connectivity index is 1.81. The molecule has 154 valence electrons. The van der Waals surface area contributed by atoms with Gasteiger partial charge in [0.2, 0.25) is 5.91 Å². The fourth-order valence-corrected chi connectivity index (χ4v) is 3.34. The summed E-state index contributed by atoms with van der Waals surface area (Å²) in [4.78, 5) is 26.5. The second-order valence-corrected chi connectivity index (χ2v) is 6.58. The number of methoxy groups -OCH3 is 1. The van der Waals surface area contributed by atoms with Gasteiger partial charge in [-0.15, -0.1) is 0 Å². The average Bonchev–Trinajstić information content (AvgIpc) is 2.99. The molecule has 1 saturated heterocycles. The third-order valence-electron chi connectivity index (χ3n) is 4.76. The van der Waals surface area contributed by atoms with Gasteiger partial charge in [0.25, 0.3) is 0 Å². The molecule has 2 aromatic carbocycles. The van der Waals surface area contributed by atoms with Crippen molar-refractivity contribution in [3.05, 3.63) is 59.7 Å². The van der Waals surface area contributed by atoms with Gasteiger partial charge in [-0.25, -0.2) is 13.6 Å². The van der Waals surface area contributed by atoms with Crippen LogP contribution in [-0.4, -0.2) is 54.8 Å². The van der Waals surface area contributed by atoms with Crippen molar-refractivity contribution in [3.8, 4) is 5.75 Å². The number of rotatable bonds is 6. The maximum atomic E-state index is 14.6. The number of urea groups is 1. The zero-order valence-electron chi connectivity index (χ0n) is 15.7. The average molecular weight is 405 g/mol. The van der Waals surface area contributed by atoms with Crippen molar-refractivity contribution in [2.24, 2.45) is 0 Å². The van der Waals surface area contributed by atoms with E-state index in [1.165, 1.54) is 48.4 Å². The van der Waals surface area contributed by atoms with Gasteiger partial charge in [-0.2, -0.15) is 0 Å². The SMILES string of the molecule is COc1ccc(C2CN(CCO)C(=O)C2NC(=O)Nc2ccc(F)cc2)c(F)c1. The Bertz CT molecular complexity index is 892. The molecule has 1 fully saturated rings. The molecule has 1 heterocycles. The molecule has 0 bridgehead atoms. The van der Waals surface area contributed by atoms with Crippen molar-refractivity contribution in [1.82, 2.24) is 10.2 Å². The van der Waals surface area contributed by atoms with Gasteiger partial charge < -0.3 is 25.4 Å². The van der Waals surface area contributed by atoms with Gasteiger partial charge in [-0.05, 0) is 35.9 Å². The highest BCUT2D eigenvalue weighted by Gasteiger charge is 2.42. The van der Waals surface area contributed by atoms with Crippen LogP contribution in [0.3, 0.4) is 0 Å². The van der Waals surface area contributed by atoms with Crippen LogP contribution in [0.1, 0.15) is 11.5 Å². The fraction of sp³-hybridized carbons (Fsp3) is 0.300. The minimum atomic E-state index is -1.02. The first-order valence-electron chi connectivity index (χ1n) is 8.99. The van der Waals surface area contributed by atoms with Crippen molar-refractivity contribution in [1.29, 1.82) is 0 Å². The Labute approximate surface area is 166 Å². The van der Waals surface area contributed by atoms with Crippen LogP contribution in [-0.2, 0) is 4.79 Å². The number of hydrogen-bond acceptors (Lipinski definition) is 4. The van der Waals surface area contributed by atoms with Crippen molar-refractivity contribution < 1.29 is 28.2 Å². The third kappa shape index (κ3) is 4.62. The standard InChI is InChI=1S/C20H21F2N3O4/c1-29-14-6-7-15(17(22)10-14)16-11-25(8-9-26)19(27)18(16)24-20(28)23-13-4-2-12(21)3-5-13/h2-7,10,16,18,26H,8-9,11H2,1H3,(H2,23,24,28). The van der Waals surface area contributed by atoms with E-state index >= 15 is 0 Å². The molecular formula is C20H21F2N3O4. The van der Waals surface area contributed by atoms with Crippen molar-refractivity contribution in [2.45, 2.75) is 12.0 Å². The number of amides is 3. The van der Waals surface area contributed by atoms with Crippen LogP contribution in [0, 0.1) is 11.6 Å². The number of carbonyl (C=O) groups excluding carboxylic acids is 2. The topological polar surface area (TPSA) is 90.9 Å². The van der Waals surface area contributed by atoms with Crippen LogP contribution in [0.25, 0.3) is 0 Å². The van der Waals surface area contributed by atoms with Crippen LogP contribution < -0.4 is 15.4 Å². The first kappa shape index (κ1) is 20.5. The first-order valence-corrected chi connectivity index (χ1v) is 8.99. The lowest BCUT2D eigenvalue weighted by Gasteiger charge is -2.19. The molecule has 0 aromatic heterocycles. The molecule has 0 radical (unpaired) electrons. The number of nitrogens with zero attached hydrogens (tertiary/aromatic N) is 1. The van der Waals surface area contributed by atoms with E-state index in [1.54, 1.807) is 6.07 Å². The minimum Gasteiger partial charge on any atom is -0.497 e. The fourth-order valence-electron chi connectivity index (χ4n) is 3.34. The van der Waals surface area contributed by atoms with Crippen LogP contribution in [0.5, 0.6) is 5.75 Å². The molecule has 3 amide bonds. The number of hydrogen-bond donors (Lipinski definition) is 3. The number of aliphatic hydroxyl groups is 1. The van der Waals surface area contributed by atoms with Gasteiger partial charge in [0.05, 0.1) is 13.7 Å². The quantitative estimate of drug-likeness (QED) is 0.686. The molecule has 2 atom stereocenters. The molecule has 1 aliphatic rings. The zero-order chi connectivity index (χ0) is 21.0. The summed E-state index contributed by atoms with van der Waals surface area (Å²) < 4.78 is 32.6. The second kappa shape index (κ2) is 8.87. The number of likely N-dealkylation sites (tertiary alicyclic amines) is 1. The van der Waals surface area contributed by atoms with Crippen molar-refractivity contribution >= 4 is 17.6 Å². The molecule has 29 heavy (non-hydrogen) atoms. The highest BCUT2D eigenvalue weighted by atomic mass is 19.1. The maximum absolute atomic E-state index is 14.6. The van der Waals surface area contributed by atoms with E-state index < -0.39 is 35.5 Å². The van der Waals surface area contributed by atoms with Crippen LogP contribution in [0.4, 0.5) is 19.3 Å². The van der Waals surface area contributed by atoms with E-state index in [9.17, 15) is 23.5 Å². The largest absolute Gasteiger partial charge is 0.497 e. The minimum absolute atomic E-state index is 0.0743. The van der Waals surface area contributed by atoms with Gasteiger partial charge in [0, 0.05) is 30.8 Å². The number of carbonyl (C=O) groups is 2. The summed E-state index contributed by atoms with van der Waals surface area (Å²) in [6.45, 7) is -0.0347. The summed E-state index contributed by atoms with van der Waals surface area (Å²) in [5.74, 6) is -1.75. The molecule has 7 nitrogen and oxygen atoms in total. The Morgan fingerprint density at radius 3 is 2.59 bits per heavy atom. The predicted molar refractivity (Wildman–Crippen MR) is 102 cm³/mol. The van der Waals surface area contributed by atoms with Gasteiger partial charge in [0.1, 0.15) is 23.4 Å². The van der Waals surface area contributed by atoms with Crippen molar-refractivity contribution in [2.75, 3.05) is 32.1 Å². The lowest BCUT2D eigenvalue weighted by Crippen LogP contribution is -2.45. The highest BCUT2D eigenvalue weighted by Crippen LogP contribution is 2.32. The predicted octanol–water partition coefficient (Wildman–Crippen LogP) is 2.08. The van der Waals surface area contributed by atoms with Gasteiger partial charge in [-0.3, -0.25) is 4.79 Å². The van der Waals surface area contributed by atoms with E-state index in [2.05, 4.69) is 10.6 Å². The molecule has 1 aliphatic heterocycles. The summed E-state index contributed by atoms with van der Waals surface area (Å²) >= 11 is 0. The zero-order valence-corrected chi connectivity index (χ0v) is 15.7. The molecule has 0 saturated carbocycles. The van der Waals surface area contributed by atoms with Gasteiger partial charge in [0.15, 0.2) is 0 Å². The van der Waals surface area contributed by atoms with Crippen LogP contribution in [0.15, 0.2) is 42.5 Å². The van der Waals surface area contributed by atoms with Crippen molar-refractivity contribution in [3.63, 3.8) is 0 Å². The van der Waals surface area contributed by atoms with Crippen LogP contribution >= 0.6 is 0 Å². The number of nitrogens with one attached hydrogen (secondary N) is 2. The molecule has 0 aliphatic carbocycles. The number of anilines is 1. The normalized spacial score (nSPS) is 18.6. The number of benzene rings is 2. The smallest absolute Gasteiger partial charge is 0.319 e. The van der Waals surface area contributed by atoms with E-state index in [0.717, 1.165) is 0 Å².